The van der Waals surface area contributed by atoms with Crippen molar-refractivity contribution in [3.8, 4) is 0 Å². The molecule has 0 saturated carbocycles. The van der Waals surface area contributed by atoms with E-state index in [1.165, 1.54) is 0 Å². The number of hydrogen-bond acceptors (Lipinski definition) is 4. The Morgan fingerprint density at radius 2 is 1.39 bits per heavy atom. The molecule has 0 radical (unpaired) electrons. The molecule has 98 valence electrons. The summed E-state index contributed by atoms with van der Waals surface area (Å²) in [5, 5.41) is 0. The molecular formula is C14H18O4. The summed E-state index contributed by atoms with van der Waals surface area (Å²) in [6.07, 6.45) is 0.651. The minimum Gasteiger partial charge on any atom is -0.384 e. The van der Waals surface area contributed by atoms with Crippen molar-refractivity contribution in [1.82, 2.24) is 0 Å². The fourth-order valence-corrected chi connectivity index (χ4v) is 1.54. The van der Waals surface area contributed by atoms with Crippen LogP contribution in [0.25, 0.3) is 0 Å². The molecule has 0 saturated heterocycles. The van der Waals surface area contributed by atoms with Gasteiger partial charge in [-0.3, -0.25) is 9.59 Å². The predicted molar refractivity (Wildman–Crippen MR) is 68.1 cm³/mol. The van der Waals surface area contributed by atoms with Gasteiger partial charge in [0.1, 0.15) is 0 Å². The highest BCUT2D eigenvalue weighted by molar-refractivity contribution is 6.01. The first kappa shape index (κ1) is 14.5. The molecular weight excluding hydrogens is 232 g/mol. The van der Waals surface area contributed by atoms with E-state index in [0.717, 1.165) is 0 Å². The number of carbonyl (C=O) groups is 2. The molecule has 4 nitrogen and oxygen atoms in total. The summed E-state index contributed by atoms with van der Waals surface area (Å²) >= 11 is 0. The Labute approximate surface area is 107 Å². The van der Waals surface area contributed by atoms with Gasteiger partial charge in [-0.25, -0.2) is 0 Å². The summed E-state index contributed by atoms with van der Waals surface area (Å²) in [7, 11) is 3.11. The first-order chi connectivity index (χ1) is 8.69. The van der Waals surface area contributed by atoms with Crippen LogP contribution in [0.5, 0.6) is 0 Å². The van der Waals surface area contributed by atoms with Crippen molar-refractivity contribution in [3.63, 3.8) is 0 Å². The Hall–Kier alpha value is -1.52. The second-order valence-corrected chi connectivity index (χ2v) is 3.91. The molecule has 0 aliphatic heterocycles. The Balaban J connectivity index is 2.72. The molecule has 0 heterocycles. The van der Waals surface area contributed by atoms with Gasteiger partial charge in [-0.2, -0.15) is 0 Å². The van der Waals surface area contributed by atoms with Crippen LogP contribution in [0.3, 0.4) is 0 Å². The first-order valence-electron chi connectivity index (χ1n) is 5.83. The maximum absolute atomic E-state index is 11.8. The zero-order valence-electron chi connectivity index (χ0n) is 10.8. The number of benzene rings is 1. The van der Waals surface area contributed by atoms with E-state index >= 15 is 0 Å². The predicted octanol–water partition coefficient (Wildman–Crippen LogP) is 2.12. The van der Waals surface area contributed by atoms with E-state index in [1.54, 1.807) is 38.5 Å². The Kier molecular flexibility index (Phi) is 6.25. The van der Waals surface area contributed by atoms with E-state index in [-0.39, 0.29) is 11.6 Å². The number of ketones is 2. The van der Waals surface area contributed by atoms with Crippen LogP contribution in [0.15, 0.2) is 24.3 Å². The van der Waals surface area contributed by atoms with Gasteiger partial charge in [0, 0.05) is 38.2 Å². The normalized spacial score (nSPS) is 10.3. The second-order valence-electron chi connectivity index (χ2n) is 3.91. The molecule has 0 spiro atoms. The molecule has 0 bridgehead atoms. The van der Waals surface area contributed by atoms with Crippen molar-refractivity contribution < 1.29 is 19.1 Å². The van der Waals surface area contributed by atoms with Crippen LogP contribution < -0.4 is 0 Å². The average Bonchev–Trinajstić information content (AvgIpc) is 2.42. The van der Waals surface area contributed by atoms with Crippen molar-refractivity contribution >= 4 is 11.6 Å². The SMILES string of the molecule is COCCC(=O)c1cccc(C(=O)CCOC)c1. The van der Waals surface area contributed by atoms with Crippen molar-refractivity contribution in [3.05, 3.63) is 35.4 Å². The smallest absolute Gasteiger partial charge is 0.165 e. The van der Waals surface area contributed by atoms with Gasteiger partial charge in [-0.15, -0.1) is 0 Å². The van der Waals surface area contributed by atoms with Gasteiger partial charge in [0.25, 0.3) is 0 Å². The standard InChI is InChI=1S/C14H18O4/c1-17-8-6-13(15)11-4-3-5-12(10-11)14(16)7-9-18-2/h3-5,10H,6-9H2,1-2H3. The van der Waals surface area contributed by atoms with Crippen LogP contribution in [-0.4, -0.2) is 39.0 Å². The summed E-state index contributed by atoms with van der Waals surface area (Å²) in [6, 6.07) is 6.78. The van der Waals surface area contributed by atoms with E-state index in [1.807, 2.05) is 0 Å². The number of ether oxygens (including phenoxy) is 2. The Morgan fingerprint density at radius 3 is 1.78 bits per heavy atom. The average molecular weight is 250 g/mol. The monoisotopic (exact) mass is 250 g/mol. The minimum absolute atomic E-state index is 0.0155. The quantitative estimate of drug-likeness (QED) is 0.663. The van der Waals surface area contributed by atoms with Gasteiger partial charge >= 0.3 is 0 Å². The molecule has 18 heavy (non-hydrogen) atoms. The zero-order valence-corrected chi connectivity index (χ0v) is 10.8. The molecule has 1 aromatic rings. The van der Waals surface area contributed by atoms with Gasteiger partial charge in [0.15, 0.2) is 11.6 Å². The molecule has 0 aliphatic rings. The van der Waals surface area contributed by atoms with Gasteiger partial charge in [-0.05, 0) is 6.07 Å². The van der Waals surface area contributed by atoms with Crippen molar-refractivity contribution in [2.45, 2.75) is 12.8 Å². The van der Waals surface area contributed by atoms with Gasteiger partial charge in [-0.1, -0.05) is 18.2 Å². The van der Waals surface area contributed by atoms with Crippen LogP contribution in [0.1, 0.15) is 33.6 Å². The molecule has 0 fully saturated rings. The fourth-order valence-electron chi connectivity index (χ4n) is 1.54. The Bertz CT molecular complexity index is 377. The van der Waals surface area contributed by atoms with E-state index < -0.39 is 0 Å². The van der Waals surface area contributed by atoms with Crippen LogP contribution in [0, 0.1) is 0 Å². The number of methoxy groups -OCH3 is 2. The highest BCUT2D eigenvalue weighted by Crippen LogP contribution is 2.10. The van der Waals surface area contributed by atoms with E-state index in [0.29, 0.717) is 37.2 Å². The van der Waals surface area contributed by atoms with E-state index in [4.69, 9.17) is 9.47 Å². The summed E-state index contributed by atoms with van der Waals surface area (Å²) in [4.78, 5) is 23.6. The Morgan fingerprint density at radius 1 is 0.944 bits per heavy atom. The van der Waals surface area contributed by atoms with Crippen molar-refractivity contribution in [2.75, 3.05) is 27.4 Å². The molecule has 1 aromatic carbocycles. The van der Waals surface area contributed by atoms with Crippen LogP contribution in [-0.2, 0) is 9.47 Å². The third-order valence-electron chi connectivity index (χ3n) is 2.57. The summed E-state index contributed by atoms with van der Waals surface area (Å²) in [6.45, 7) is 0.779. The fraction of sp³-hybridized carbons (Fsp3) is 0.429. The van der Waals surface area contributed by atoms with Crippen LogP contribution in [0.4, 0.5) is 0 Å². The molecule has 0 N–H and O–H groups in total. The summed E-state index contributed by atoms with van der Waals surface area (Å²) in [5.74, 6) is -0.0310. The molecule has 0 amide bonds. The van der Waals surface area contributed by atoms with Gasteiger partial charge < -0.3 is 9.47 Å². The summed E-state index contributed by atoms with van der Waals surface area (Å²) in [5.41, 5.74) is 1.10. The number of hydrogen-bond donors (Lipinski definition) is 0. The van der Waals surface area contributed by atoms with Gasteiger partial charge in [0.2, 0.25) is 0 Å². The lowest BCUT2D eigenvalue weighted by atomic mass is 10.0. The lowest BCUT2D eigenvalue weighted by Gasteiger charge is -2.04. The molecule has 1 rings (SSSR count). The lowest BCUT2D eigenvalue weighted by Crippen LogP contribution is -2.07. The van der Waals surface area contributed by atoms with Gasteiger partial charge in [0.05, 0.1) is 13.2 Å². The highest BCUT2D eigenvalue weighted by Gasteiger charge is 2.10. The number of Topliss-reactive ketones (excluding diaryl/α,β-unsaturated/α-hetero) is 2. The lowest BCUT2D eigenvalue weighted by molar-refractivity contribution is 0.0931. The van der Waals surface area contributed by atoms with E-state index in [2.05, 4.69) is 0 Å². The molecule has 0 aliphatic carbocycles. The van der Waals surface area contributed by atoms with Crippen molar-refractivity contribution in [1.29, 1.82) is 0 Å². The first-order valence-corrected chi connectivity index (χ1v) is 5.83. The highest BCUT2D eigenvalue weighted by atomic mass is 16.5. The van der Waals surface area contributed by atoms with Crippen LogP contribution in [0.2, 0.25) is 0 Å². The minimum atomic E-state index is -0.0155. The molecule has 0 atom stereocenters. The third-order valence-corrected chi connectivity index (χ3v) is 2.57. The topological polar surface area (TPSA) is 52.6 Å². The zero-order chi connectivity index (χ0) is 13.4. The maximum Gasteiger partial charge on any atom is 0.165 e. The maximum atomic E-state index is 11.8. The molecule has 0 aromatic heterocycles. The molecule has 4 heteroatoms. The largest absolute Gasteiger partial charge is 0.384 e. The third kappa shape index (κ3) is 4.39. The number of rotatable bonds is 8. The molecule has 0 unspecified atom stereocenters. The van der Waals surface area contributed by atoms with E-state index in [9.17, 15) is 9.59 Å². The van der Waals surface area contributed by atoms with Crippen LogP contribution >= 0.6 is 0 Å². The summed E-state index contributed by atoms with van der Waals surface area (Å²) < 4.78 is 9.72. The second kappa shape index (κ2) is 7.74. The number of carbonyl (C=O) groups excluding carboxylic acids is 2. The van der Waals surface area contributed by atoms with Crippen molar-refractivity contribution in [2.24, 2.45) is 0 Å².